The minimum absolute atomic E-state index is 0.00531. The summed E-state index contributed by atoms with van der Waals surface area (Å²) in [5, 5.41) is 11.1. The summed E-state index contributed by atoms with van der Waals surface area (Å²) in [6.07, 6.45) is -2.58. The molecule has 0 bridgehead atoms. The first-order chi connectivity index (χ1) is 18.1. The molecule has 1 heterocycles. The summed E-state index contributed by atoms with van der Waals surface area (Å²) >= 11 is 0. The Labute approximate surface area is 218 Å². The lowest BCUT2D eigenvalue weighted by Crippen LogP contribution is -2.54. The molecule has 0 N–H and O–H groups in total. The van der Waals surface area contributed by atoms with E-state index in [1.54, 1.807) is 30.1 Å². The Hall–Kier alpha value is -3.84. The van der Waals surface area contributed by atoms with E-state index in [9.17, 15) is 28.0 Å². The van der Waals surface area contributed by atoms with Crippen LogP contribution in [0.2, 0.25) is 0 Å². The fraction of sp³-hybridized carbons (Fsp3) is 0.393. The maximum Gasteiger partial charge on any atom is 0.490 e. The third-order valence-electron chi connectivity index (χ3n) is 7.15. The van der Waals surface area contributed by atoms with Gasteiger partial charge in [-0.3, -0.25) is 14.3 Å². The van der Waals surface area contributed by atoms with Crippen molar-refractivity contribution in [1.82, 2.24) is 9.47 Å². The highest BCUT2D eigenvalue weighted by molar-refractivity contribution is 5.99. The van der Waals surface area contributed by atoms with Gasteiger partial charge in [0, 0.05) is 42.3 Å². The topological polar surface area (TPSA) is 84.6 Å². The molecule has 0 spiro atoms. The number of hydrogen-bond donors (Lipinski definition) is 0. The number of methoxy groups -OCH3 is 1. The van der Waals surface area contributed by atoms with Crippen molar-refractivity contribution < 1.29 is 27.4 Å². The summed E-state index contributed by atoms with van der Waals surface area (Å²) in [7, 11) is 3.09. The number of ether oxygens (including phenoxy) is 2. The molecule has 1 aliphatic carbocycles. The van der Waals surface area contributed by atoms with Crippen molar-refractivity contribution in [2.45, 2.75) is 50.6 Å². The molecule has 2 aromatic carbocycles. The Morgan fingerprint density at radius 3 is 2.39 bits per heavy atom. The van der Waals surface area contributed by atoms with Crippen molar-refractivity contribution in [2.75, 3.05) is 20.7 Å². The normalized spacial score (nSPS) is 15.3. The van der Waals surface area contributed by atoms with E-state index < -0.39 is 23.4 Å². The molecular weight excluding hydrogens is 499 g/mol. The molecular formula is C28H28F3N3O4. The number of rotatable bonds is 7. The summed E-state index contributed by atoms with van der Waals surface area (Å²) in [5.41, 5.74) is -0.432. The van der Waals surface area contributed by atoms with Crippen LogP contribution in [0.4, 0.5) is 13.2 Å². The average molecular weight is 528 g/mol. The standard InChI is InChI=1S/C28H28F3N3O4/c1-33(27(13-7-4-8-14-27)38-26(36)28(29,30)31)15-16-34-23(18-32)24(19-9-5-3-6-10-19)22-17-20(37-2)11-12-21(22)25(34)35/h3,5-6,9-12,17H,4,7-8,13-16H2,1-2H3. The van der Waals surface area contributed by atoms with Gasteiger partial charge in [0.15, 0.2) is 5.72 Å². The van der Waals surface area contributed by atoms with E-state index in [4.69, 9.17) is 9.47 Å². The minimum atomic E-state index is -5.11. The molecule has 7 nitrogen and oxygen atoms in total. The molecule has 1 saturated carbocycles. The Morgan fingerprint density at radius 1 is 1.11 bits per heavy atom. The summed E-state index contributed by atoms with van der Waals surface area (Å²) in [5.74, 6) is -1.70. The van der Waals surface area contributed by atoms with Crippen LogP contribution in [-0.4, -0.2) is 48.0 Å². The number of likely N-dealkylation sites (N-methyl/N-ethyl adjacent to an activating group) is 1. The molecule has 0 radical (unpaired) electrons. The van der Waals surface area contributed by atoms with E-state index in [0.29, 0.717) is 34.9 Å². The van der Waals surface area contributed by atoms with E-state index in [1.165, 1.54) is 11.7 Å². The molecule has 0 saturated heterocycles. The van der Waals surface area contributed by atoms with E-state index in [1.807, 2.05) is 30.3 Å². The Bertz CT molecular complexity index is 1420. The molecule has 10 heteroatoms. The molecule has 0 atom stereocenters. The lowest BCUT2D eigenvalue weighted by Gasteiger charge is -2.43. The lowest BCUT2D eigenvalue weighted by atomic mass is 9.90. The van der Waals surface area contributed by atoms with Gasteiger partial charge in [-0.25, -0.2) is 4.79 Å². The number of fused-ring (bicyclic) bond motifs is 1. The van der Waals surface area contributed by atoms with Crippen LogP contribution in [0.5, 0.6) is 5.75 Å². The van der Waals surface area contributed by atoms with E-state index in [2.05, 4.69) is 6.07 Å². The quantitative estimate of drug-likeness (QED) is 0.308. The van der Waals surface area contributed by atoms with Crippen molar-refractivity contribution in [1.29, 1.82) is 5.26 Å². The third kappa shape index (κ3) is 5.24. The Morgan fingerprint density at radius 2 is 1.79 bits per heavy atom. The molecule has 0 amide bonds. The van der Waals surface area contributed by atoms with Gasteiger partial charge in [0.2, 0.25) is 0 Å². The summed E-state index contributed by atoms with van der Waals surface area (Å²) < 4.78 is 51.0. The minimum Gasteiger partial charge on any atom is -0.497 e. The van der Waals surface area contributed by atoms with Crippen LogP contribution in [0.3, 0.4) is 0 Å². The zero-order valence-corrected chi connectivity index (χ0v) is 21.2. The monoisotopic (exact) mass is 527 g/mol. The lowest BCUT2D eigenvalue weighted by molar-refractivity contribution is -0.235. The number of nitrogens with zero attached hydrogens (tertiary/aromatic N) is 3. The van der Waals surface area contributed by atoms with Gasteiger partial charge in [0.05, 0.1) is 7.11 Å². The molecule has 200 valence electrons. The van der Waals surface area contributed by atoms with Crippen LogP contribution in [-0.2, 0) is 16.1 Å². The summed E-state index contributed by atoms with van der Waals surface area (Å²) in [4.78, 5) is 26.9. The van der Waals surface area contributed by atoms with Gasteiger partial charge >= 0.3 is 12.1 Å². The highest BCUT2D eigenvalue weighted by Gasteiger charge is 2.48. The Balaban J connectivity index is 1.77. The first-order valence-corrected chi connectivity index (χ1v) is 12.3. The van der Waals surface area contributed by atoms with Crippen molar-refractivity contribution in [2.24, 2.45) is 0 Å². The summed E-state index contributed by atoms with van der Waals surface area (Å²) in [6, 6.07) is 16.3. The van der Waals surface area contributed by atoms with E-state index in [-0.39, 0.29) is 31.6 Å². The van der Waals surface area contributed by atoms with Crippen molar-refractivity contribution in [3.8, 4) is 22.9 Å². The second kappa shape index (κ2) is 10.9. The predicted molar refractivity (Wildman–Crippen MR) is 136 cm³/mol. The maximum absolute atomic E-state index is 13.6. The smallest absolute Gasteiger partial charge is 0.490 e. The van der Waals surface area contributed by atoms with Crippen molar-refractivity contribution >= 4 is 16.7 Å². The zero-order chi connectivity index (χ0) is 27.5. The predicted octanol–water partition coefficient (Wildman–Crippen LogP) is 5.25. The van der Waals surface area contributed by atoms with E-state index >= 15 is 0 Å². The molecule has 3 aromatic rings. The molecule has 1 aliphatic rings. The number of esters is 1. The molecule has 1 aromatic heterocycles. The molecule has 1 fully saturated rings. The average Bonchev–Trinajstić information content (AvgIpc) is 2.92. The van der Waals surface area contributed by atoms with Gasteiger partial charge in [-0.15, -0.1) is 0 Å². The number of hydrogen-bond acceptors (Lipinski definition) is 6. The number of nitriles is 1. The maximum atomic E-state index is 13.6. The van der Waals surface area contributed by atoms with Gasteiger partial charge in [-0.2, -0.15) is 18.4 Å². The third-order valence-corrected chi connectivity index (χ3v) is 7.15. The summed E-state index contributed by atoms with van der Waals surface area (Å²) in [6.45, 7) is 0.0843. The van der Waals surface area contributed by atoms with Crippen LogP contribution >= 0.6 is 0 Å². The second-order valence-corrected chi connectivity index (χ2v) is 9.39. The number of pyridine rings is 1. The molecule has 38 heavy (non-hydrogen) atoms. The molecule has 4 rings (SSSR count). The largest absolute Gasteiger partial charge is 0.497 e. The highest BCUT2D eigenvalue weighted by atomic mass is 19.4. The SMILES string of the molecule is COc1ccc2c(=O)n(CCN(C)C3(OC(=O)C(F)(F)F)CCCCC3)c(C#N)c(-c3ccccc3)c2c1. The number of alkyl halides is 3. The number of aromatic nitrogens is 1. The zero-order valence-electron chi connectivity index (χ0n) is 21.2. The van der Waals surface area contributed by atoms with Crippen LogP contribution in [0.25, 0.3) is 21.9 Å². The second-order valence-electron chi connectivity index (χ2n) is 9.39. The van der Waals surface area contributed by atoms with Gasteiger partial charge in [0.1, 0.15) is 17.5 Å². The highest BCUT2D eigenvalue weighted by Crippen LogP contribution is 2.37. The van der Waals surface area contributed by atoms with Crippen molar-refractivity contribution in [3.63, 3.8) is 0 Å². The number of halogens is 3. The number of benzene rings is 2. The number of carbonyl (C=O) groups excluding carboxylic acids is 1. The first kappa shape index (κ1) is 27.2. The fourth-order valence-corrected chi connectivity index (χ4v) is 5.13. The molecule has 0 unspecified atom stereocenters. The van der Waals surface area contributed by atoms with Crippen LogP contribution in [0, 0.1) is 11.3 Å². The van der Waals surface area contributed by atoms with Crippen LogP contribution in [0.1, 0.15) is 37.8 Å². The Kier molecular flexibility index (Phi) is 7.78. The van der Waals surface area contributed by atoms with Crippen LogP contribution in [0.15, 0.2) is 53.3 Å². The number of carbonyl (C=O) groups is 1. The van der Waals surface area contributed by atoms with Gasteiger partial charge in [0.25, 0.3) is 5.56 Å². The fourth-order valence-electron chi connectivity index (χ4n) is 5.13. The van der Waals surface area contributed by atoms with Gasteiger partial charge in [-0.05, 0) is 43.7 Å². The van der Waals surface area contributed by atoms with E-state index in [0.717, 1.165) is 12.0 Å². The van der Waals surface area contributed by atoms with Gasteiger partial charge < -0.3 is 9.47 Å². The van der Waals surface area contributed by atoms with Gasteiger partial charge in [-0.1, -0.05) is 36.8 Å². The first-order valence-electron chi connectivity index (χ1n) is 12.3. The van der Waals surface area contributed by atoms with Crippen LogP contribution < -0.4 is 10.3 Å². The van der Waals surface area contributed by atoms with Crippen molar-refractivity contribution in [3.05, 3.63) is 64.6 Å². The molecule has 0 aliphatic heterocycles.